The first kappa shape index (κ1) is 23.3. The Balaban J connectivity index is 1.49. The molecule has 10 heteroatoms. The van der Waals surface area contributed by atoms with Gasteiger partial charge in [0.2, 0.25) is 11.7 Å². The molecule has 0 fully saturated rings. The molecule has 36 heavy (non-hydrogen) atoms. The molecule has 0 aliphatic rings. The molecule has 5 rings (SSSR count). The molecule has 2 aromatic heterocycles. The quantitative estimate of drug-likeness (QED) is 0.279. The zero-order valence-corrected chi connectivity index (χ0v) is 20.3. The summed E-state index contributed by atoms with van der Waals surface area (Å²) in [6, 6.07) is 21.3. The van der Waals surface area contributed by atoms with Gasteiger partial charge in [0.25, 0.3) is 5.56 Å². The summed E-state index contributed by atoms with van der Waals surface area (Å²) in [4.78, 5) is 37.9. The van der Waals surface area contributed by atoms with Gasteiger partial charge in [-0.2, -0.15) is 0 Å². The van der Waals surface area contributed by atoms with Gasteiger partial charge in [-0.3, -0.25) is 14.0 Å². The number of carbonyl (C=O) groups is 2. The van der Waals surface area contributed by atoms with Crippen LogP contribution in [0.25, 0.3) is 22.4 Å². The van der Waals surface area contributed by atoms with E-state index in [-0.39, 0.29) is 17.2 Å². The second-order valence-electron chi connectivity index (χ2n) is 7.97. The van der Waals surface area contributed by atoms with Crippen molar-refractivity contribution in [3.05, 3.63) is 94.3 Å². The molecule has 0 radical (unpaired) electrons. The molecule has 1 amide bonds. The number of esters is 1. The number of carbonyl (C=O) groups excluding carboxylic acids is 2. The number of anilines is 1. The van der Waals surface area contributed by atoms with Crippen molar-refractivity contribution in [1.29, 1.82) is 0 Å². The summed E-state index contributed by atoms with van der Waals surface area (Å²) in [6.45, 7) is 1.93. The number of nitrogens with zero attached hydrogens (tertiary/aromatic N) is 4. The number of methoxy groups -OCH3 is 1. The third-order valence-corrected chi connectivity index (χ3v) is 6.58. The van der Waals surface area contributed by atoms with Gasteiger partial charge >= 0.3 is 5.97 Å². The SMILES string of the molecule is COC(=O)c1cccc(NC(=O)CSc2nnc3n(-c4ccccc4C)c(=O)c4ccccc4n23)c1. The summed E-state index contributed by atoms with van der Waals surface area (Å²) in [5.74, 6) is -0.361. The zero-order chi connectivity index (χ0) is 25.2. The lowest BCUT2D eigenvalue weighted by Gasteiger charge is -2.13. The van der Waals surface area contributed by atoms with Gasteiger partial charge in [-0.15, -0.1) is 10.2 Å². The maximum Gasteiger partial charge on any atom is 0.337 e. The first-order valence-corrected chi connectivity index (χ1v) is 12.0. The highest BCUT2D eigenvalue weighted by Crippen LogP contribution is 2.24. The smallest absolute Gasteiger partial charge is 0.337 e. The number of benzene rings is 3. The van der Waals surface area contributed by atoms with E-state index in [0.717, 1.165) is 5.56 Å². The molecule has 0 aliphatic carbocycles. The Labute approximate surface area is 209 Å². The van der Waals surface area contributed by atoms with Crippen molar-refractivity contribution in [1.82, 2.24) is 19.2 Å². The fourth-order valence-electron chi connectivity index (χ4n) is 3.97. The minimum absolute atomic E-state index is 0.0427. The van der Waals surface area contributed by atoms with Gasteiger partial charge in [0.1, 0.15) is 0 Å². The molecule has 1 N–H and O–H groups in total. The lowest BCUT2D eigenvalue weighted by Crippen LogP contribution is -2.22. The maximum atomic E-state index is 13.4. The molecule has 9 nitrogen and oxygen atoms in total. The van der Waals surface area contributed by atoms with Crippen LogP contribution < -0.4 is 10.9 Å². The van der Waals surface area contributed by atoms with Crippen LogP contribution in [0.5, 0.6) is 0 Å². The number of para-hydroxylation sites is 2. The molecule has 0 atom stereocenters. The van der Waals surface area contributed by atoms with Crippen LogP contribution in [-0.2, 0) is 9.53 Å². The molecule has 0 unspecified atom stereocenters. The first-order chi connectivity index (χ1) is 17.5. The van der Waals surface area contributed by atoms with Crippen molar-refractivity contribution in [2.75, 3.05) is 18.2 Å². The van der Waals surface area contributed by atoms with E-state index in [4.69, 9.17) is 4.74 Å². The number of nitrogens with one attached hydrogen (secondary N) is 1. The van der Waals surface area contributed by atoms with Crippen molar-refractivity contribution < 1.29 is 14.3 Å². The van der Waals surface area contributed by atoms with E-state index in [1.165, 1.54) is 18.9 Å². The summed E-state index contributed by atoms with van der Waals surface area (Å²) >= 11 is 1.20. The Hall–Kier alpha value is -4.44. The molecule has 3 aromatic carbocycles. The third-order valence-electron chi connectivity index (χ3n) is 5.65. The number of ether oxygens (including phenoxy) is 1. The van der Waals surface area contributed by atoms with Crippen molar-refractivity contribution in [3.63, 3.8) is 0 Å². The normalized spacial score (nSPS) is 11.1. The van der Waals surface area contributed by atoms with Gasteiger partial charge in [0.05, 0.1) is 35.0 Å². The predicted molar refractivity (Wildman–Crippen MR) is 138 cm³/mol. The maximum absolute atomic E-state index is 13.4. The third kappa shape index (κ3) is 4.22. The van der Waals surface area contributed by atoms with Gasteiger partial charge in [-0.25, -0.2) is 9.36 Å². The van der Waals surface area contributed by atoms with E-state index >= 15 is 0 Å². The lowest BCUT2D eigenvalue weighted by molar-refractivity contribution is -0.113. The van der Waals surface area contributed by atoms with Crippen molar-refractivity contribution in [2.24, 2.45) is 0 Å². The molecule has 2 heterocycles. The molecule has 0 aliphatic heterocycles. The second kappa shape index (κ2) is 9.67. The lowest BCUT2D eigenvalue weighted by atomic mass is 10.2. The van der Waals surface area contributed by atoms with Crippen LogP contribution in [-0.4, -0.2) is 43.9 Å². The van der Waals surface area contributed by atoms with Gasteiger partial charge in [0.15, 0.2) is 5.16 Å². The van der Waals surface area contributed by atoms with E-state index in [1.807, 2.05) is 49.4 Å². The first-order valence-electron chi connectivity index (χ1n) is 11.0. The van der Waals surface area contributed by atoms with E-state index in [9.17, 15) is 14.4 Å². The highest BCUT2D eigenvalue weighted by molar-refractivity contribution is 7.99. The van der Waals surface area contributed by atoms with Crippen LogP contribution >= 0.6 is 11.8 Å². The standard InChI is InChI=1S/C26H21N5O4S/c1-16-8-3-5-12-20(16)30-23(33)19-11-4-6-13-21(19)31-25(30)28-29-26(31)36-15-22(32)27-18-10-7-9-17(14-18)24(34)35-2/h3-14H,15H2,1-2H3,(H,27,32). The summed E-state index contributed by atoms with van der Waals surface area (Å²) in [5.41, 5.74) is 2.91. The van der Waals surface area contributed by atoms with Crippen molar-refractivity contribution in [2.45, 2.75) is 12.1 Å². The van der Waals surface area contributed by atoms with Crippen molar-refractivity contribution >= 4 is 46.0 Å². The molecular formula is C26H21N5O4S. The van der Waals surface area contributed by atoms with Crippen LogP contribution in [0.1, 0.15) is 15.9 Å². The number of thioether (sulfide) groups is 1. The Morgan fingerprint density at radius 3 is 2.58 bits per heavy atom. The molecule has 0 bridgehead atoms. The molecule has 180 valence electrons. The van der Waals surface area contributed by atoms with E-state index in [2.05, 4.69) is 15.5 Å². The van der Waals surface area contributed by atoms with Crippen LogP contribution in [0, 0.1) is 6.92 Å². The topological polar surface area (TPSA) is 108 Å². The predicted octanol–water partition coefficient (Wildman–Crippen LogP) is 3.86. The fraction of sp³-hybridized carbons (Fsp3) is 0.115. The Kier molecular flexibility index (Phi) is 6.26. The average Bonchev–Trinajstić information content (AvgIpc) is 3.32. The Bertz CT molecular complexity index is 1690. The summed E-state index contributed by atoms with van der Waals surface area (Å²) < 4.78 is 8.07. The van der Waals surface area contributed by atoms with Crippen LogP contribution in [0.2, 0.25) is 0 Å². The molecule has 0 saturated carbocycles. The summed E-state index contributed by atoms with van der Waals surface area (Å²) in [7, 11) is 1.30. The van der Waals surface area contributed by atoms with Crippen molar-refractivity contribution in [3.8, 4) is 5.69 Å². The highest BCUT2D eigenvalue weighted by atomic mass is 32.2. The second-order valence-corrected chi connectivity index (χ2v) is 8.91. The van der Waals surface area contributed by atoms with Crippen LogP contribution in [0.4, 0.5) is 5.69 Å². The highest BCUT2D eigenvalue weighted by Gasteiger charge is 2.19. The minimum atomic E-state index is -0.484. The number of aryl methyl sites for hydroxylation is 1. The van der Waals surface area contributed by atoms with E-state index in [0.29, 0.717) is 38.8 Å². The molecule has 0 spiro atoms. The number of amides is 1. The number of hydrogen-bond acceptors (Lipinski definition) is 7. The minimum Gasteiger partial charge on any atom is -0.465 e. The molecule has 5 aromatic rings. The molecular weight excluding hydrogens is 478 g/mol. The van der Waals surface area contributed by atoms with Crippen LogP contribution in [0.3, 0.4) is 0 Å². The number of hydrogen-bond donors (Lipinski definition) is 1. The Morgan fingerprint density at radius 2 is 1.78 bits per heavy atom. The number of rotatable bonds is 6. The van der Waals surface area contributed by atoms with E-state index < -0.39 is 5.97 Å². The number of fused-ring (bicyclic) bond motifs is 3. The summed E-state index contributed by atoms with van der Waals surface area (Å²) in [6.07, 6.45) is 0. The summed E-state index contributed by atoms with van der Waals surface area (Å²) in [5, 5.41) is 12.4. The number of aromatic nitrogens is 4. The van der Waals surface area contributed by atoms with Gasteiger partial charge in [-0.05, 0) is 48.9 Å². The van der Waals surface area contributed by atoms with E-state index in [1.54, 1.807) is 39.3 Å². The van der Waals surface area contributed by atoms with Gasteiger partial charge < -0.3 is 10.1 Å². The van der Waals surface area contributed by atoms with Crippen LogP contribution in [0.15, 0.2) is 82.7 Å². The largest absolute Gasteiger partial charge is 0.465 e. The van der Waals surface area contributed by atoms with Gasteiger partial charge in [-0.1, -0.05) is 48.2 Å². The van der Waals surface area contributed by atoms with Gasteiger partial charge in [0, 0.05) is 5.69 Å². The Morgan fingerprint density at radius 1 is 1.00 bits per heavy atom. The fourth-order valence-corrected chi connectivity index (χ4v) is 4.71. The monoisotopic (exact) mass is 499 g/mol. The molecule has 0 saturated heterocycles. The zero-order valence-electron chi connectivity index (χ0n) is 19.5. The average molecular weight is 500 g/mol.